The number of benzene rings is 1. The van der Waals surface area contributed by atoms with Crippen molar-refractivity contribution < 1.29 is 4.79 Å². The molecule has 0 saturated carbocycles. The monoisotopic (exact) mass is 244 g/mol. The normalized spacial score (nSPS) is 10.3. The van der Waals surface area contributed by atoms with Crippen LogP contribution in [0.3, 0.4) is 0 Å². The fourth-order valence-electron chi connectivity index (χ4n) is 1.76. The highest BCUT2D eigenvalue weighted by molar-refractivity contribution is 5.92. The molecule has 0 spiro atoms. The van der Waals surface area contributed by atoms with Gasteiger partial charge in [0, 0.05) is 25.8 Å². The number of hydrogen-bond donors (Lipinski definition) is 2. The Balaban J connectivity index is 2.11. The van der Waals surface area contributed by atoms with E-state index in [1.54, 1.807) is 17.2 Å². The van der Waals surface area contributed by atoms with E-state index in [1.165, 1.54) is 0 Å². The van der Waals surface area contributed by atoms with Gasteiger partial charge in [-0.1, -0.05) is 30.3 Å². The van der Waals surface area contributed by atoms with Crippen LogP contribution in [0.25, 0.3) is 0 Å². The minimum Gasteiger partial charge on any atom is -0.332 e. The van der Waals surface area contributed by atoms with Crippen molar-refractivity contribution in [3.63, 3.8) is 0 Å². The maximum absolute atomic E-state index is 12.2. The summed E-state index contributed by atoms with van der Waals surface area (Å²) in [6.45, 7) is 1.51. The lowest BCUT2D eigenvalue weighted by molar-refractivity contribution is 0.0742. The number of nitrogens with two attached hydrogens (primary N) is 1. The quantitative estimate of drug-likeness (QED) is 0.824. The smallest absolute Gasteiger partial charge is 0.272 e. The number of nitrogens with zero attached hydrogens (tertiary/aromatic N) is 2. The van der Waals surface area contributed by atoms with Gasteiger partial charge in [0.15, 0.2) is 0 Å². The molecule has 1 heterocycles. The van der Waals surface area contributed by atoms with E-state index < -0.39 is 0 Å². The van der Waals surface area contributed by atoms with Crippen molar-refractivity contribution in [3.8, 4) is 0 Å². The first-order valence-electron chi connectivity index (χ1n) is 5.84. The van der Waals surface area contributed by atoms with Crippen LogP contribution in [0.15, 0.2) is 42.6 Å². The molecular formula is C13H16N4O. The summed E-state index contributed by atoms with van der Waals surface area (Å²) in [5.41, 5.74) is 7.12. The molecule has 3 N–H and O–H groups in total. The highest BCUT2D eigenvalue weighted by Crippen LogP contribution is 2.07. The van der Waals surface area contributed by atoms with Crippen molar-refractivity contribution in [1.82, 2.24) is 15.1 Å². The molecule has 2 aromatic rings. The summed E-state index contributed by atoms with van der Waals surface area (Å²) in [7, 11) is 0. The third-order valence-corrected chi connectivity index (χ3v) is 2.63. The van der Waals surface area contributed by atoms with E-state index in [4.69, 9.17) is 5.73 Å². The lowest BCUT2D eigenvalue weighted by atomic mass is 10.2. The van der Waals surface area contributed by atoms with E-state index in [9.17, 15) is 4.79 Å². The Morgan fingerprint density at radius 1 is 1.28 bits per heavy atom. The van der Waals surface area contributed by atoms with Gasteiger partial charge in [-0.15, -0.1) is 0 Å². The molecule has 0 radical (unpaired) electrons. The number of carbonyl (C=O) groups excluding carboxylic acids is 1. The van der Waals surface area contributed by atoms with Gasteiger partial charge in [-0.25, -0.2) is 0 Å². The predicted octanol–water partition coefficient (Wildman–Crippen LogP) is 1.01. The maximum atomic E-state index is 12.2. The molecule has 1 aromatic heterocycles. The van der Waals surface area contributed by atoms with Crippen LogP contribution in [-0.4, -0.2) is 34.1 Å². The summed E-state index contributed by atoms with van der Waals surface area (Å²) in [6.07, 6.45) is 1.57. The molecular weight excluding hydrogens is 228 g/mol. The van der Waals surface area contributed by atoms with E-state index in [2.05, 4.69) is 10.2 Å². The molecule has 1 amide bonds. The van der Waals surface area contributed by atoms with Gasteiger partial charge in [-0.05, 0) is 11.6 Å². The summed E-state index contributed by atoms with van der Waals surface area (Å²) in [6, 6.07) is 11.5. The van der Waals surface area contributed by atoms with E-state index >= 15 is 0 Å². The van der Waals surface area contributed by atoms with Gasteiger partial charge >= 0.3 is 0 Å². The van der Waals surface area contributed by atoms with Crippen LogP contribution in [0, 0.1) is 0 Å². The molecule has 0 unspecified atom stereocenters. The van der Waals surface area contributed by atoms with Crippen LogP contribution in [0.5, 0.6) is 0 Å². The largest absolute Gasteiger partial charge is 0.332 e. The van der Waals surface area contributed by atoms with Gasteiger partial charge in [-0.3, -0.25) is 9.89 Å². The molecule has 18 heavy (non-hydrogen) atoms. The minimum absolute atomic E-state index is 0.0817. The first-order chi connectivity index (χ1) is 8.81. The van der Waals surface area contributed by atoms with Crippen LogP contribution in [0.2, 0.25) is 0 Å². The number of nitrogens with one attached hydrogen (secondary N) is 1. The average molecular weight is 244 g/mol. The van der Waals surface area contributed by atoms with Crippen LogP contribution in [-0.2, 0) is 6.54 Å². The van der Waals surface area contributed by atoms with Gasteiger partial charge in [-0.2, -0.15) is 5.10 Å². The van der Waals surface area contributed by atoms with Crippen molar-refractivity contribution in [2.24, 2.45) is 5.73 Å². The Bertz CT molecular complexity index is 481. The minimum atomic E-state index is -0.0817. The van der Waals surface area contributed by atoms with Crippen molar-refractivity contribution in [3.05, 3.63) is 53.9 Å². The molecule has 0 bridgehead atoms. The van der Waals surface area contributed by atoms with Gasteiger partial charge < -0.3 is 10.6 Å². The third-order valence-electron chi connectivity index (χ3n) is 2.63. The molecule has 0 aliphatic rings. The average Bonchev–Trinajstić information content (AvgIpc) is 2.92. The lowest BCUT2D eigenvalue weighted by Crippen LogP contribution is -2.35. The zero-order chi connectivity index (χ0) is 12.8. The van der Waals surface area contributed by atoms with Crippen molar-refractivity contribution in [2.45, 2.75) is 6.54 Å². The van der Waals surface area contributed by atoms with E-state index in [0.29, 0.717) is 25.3 Å². The predicted molar refractivity (Wildman–Crippen MR) is 68.8 cm³/mol. The number of aromatic amines is 1. The van der Waals surface area contributed by atoms with Gasteiger partial charge in [0.05, 0.1) is 0 Å². The van der Waals surface area contributed by atoms with E-state index in [0.717, 1.165) is 5.56 Å². The molecule has 5 heteroatoms. The summed E-state index contributed by atoms with van der Waals surface area (Å²) in [5.74, 6) is -0.0817. The maximum Gasteiger partial charge on any atom is 0.272 e. The summed E-state index contributed by atoms with van der Waals surface area (Å²) in [4.78, 5) is 13.9. The van der Waals surface area contributed by atoms with Crippen LogP contribution < -0.4 is 5.73 Å². The molecule has 1 aromatic carbocycles. The summed E-state index contributed by atoms with van der Waals surface area (Å²) in [5, 5.41) is 6.47. The number of rotatable bonds is 5. The van der Waals surface area contributed by atoms with Gasteiger partial charge in [0.1, 0.15) is 5.69 Å². The van der Waals surface area contributed by atoms with Gasteiger partial charge in [0.2, 0.25) is 0 Å². The van der Waals surface area contributed by atoms with Crippen molar-refractivity contribution >= 4 is 5.91 Å². The van der Waals surface area contributed by atoms with Crippen molar-refractivity contribution in [2.75, 3.05) is 13.1 Å². The number of amides is 1. The summed E-state index contributed by atoms with van der Waals surface area (Å²) < 4.78 is 0. The molecule has 0 atom stereocenters. The SMILES string of the molecule is NCCN(Cc1ccccc1)C(=O)c1ccn[nH]1. The first kappa shape index (κ1) is 12.3. The van der Waals surface area contributed by atoms with Crippen molar-refractivity contribution in [1.29, 1.82) is 0 Å². The zero-order valence-electron chi connectivity index (χ0n) is 10.0. The Kier molecular flexibility index (Phi) is 4.09. The molecule has 0 saturated heterocycles. The van der Waals surface area contributed by atoms with Crippen LogP contribution >= 0.6 is 0 Å². The molecule has 0 aliphatic carbocycles. The second-order valence-corrected chi connectivity index (χ2v) is 3.97. The zero-order valence-corrected chi connectivity index (χ0v) is 10.0. The Labute approximate surface area is 106 Å². The molecule has 0 fully saturated rings. The van der Waals surface area contributed by atoms with E-state index in [1.807, 2.05) is 30.3 Å². The second kappa shape index (κ2) is 5.97. The molecule has 2 rings (SSSR count). The number of carbonyl (C=O) groups is 1. The van der Waals surface area contributed by atoms with Crippen LogP contribution in [0.1, 0.15) is 16.1 Å². The number of aromatic nitrogens is 2. The summed E-state index contributed by atoms with van der Waals surface area (Å²) >= 11 is 0. The Morgan fingerprint density at radius 2 is 2.06 bits per heavy atom. The van der Waals surface area contributed by atoms with Gasteiger partial charge in [0.25, 0.3) is 5.91 Å². The highest BCUT2D eigenvalue weighted by atomic mass is 16.2. The Hall–Kier alpha value is -2.14. The number of H-pyrrole nitrogens is 1. The fourth-order valence-corrected chi connectivity index (χ4v) is 1.76. The molecule has 94 valence electrons. The molecule has 5 nitrogen and oxygen atoms in total. The first-order valence-corrected chi connectivity index (χ1v) is 5.84. The lowest BCUT2D eigenvalue weighted by Gasteiger charge is -2.21. The van der Waals surface area contributed by atoms with Crippen LogP contribution in [0.4, 0.5) is 0 Å². The topological polar surface area (TPSA) is 75.0 Å². The number of hydrogen-bond acceptors (Lipinski definition) is 3. The Morgan fingerprint density at radius 3 is 2.67 bits per heavy atom. The second-order valence-electron chi connectivity index (χ2n) is 3.97. The standard InChI is InChI=1S/C13H16N4O/c14-7-9-17(10-11-4-2-1-3-5-11)13(18)12-6-8-15-16-12/h1-6,8H,7,9-10,14H2,(H,15,16). The fraction of sp³-hybridized carbons (Fsp3) is 0.231. The van der Waals surface area contributed by atoms with E-state index in [-0.39, 0.29) is 5.91 Å². The highest BCUT2D eigenvalue weighted by Gasteiger charge is 2.16. The third kappa shape index (κ3) is 2.95. The molecule has 0 aliphatic heterocycles.